The molecule has 0 aliphatic rings. The molecule has 0 aliphatic carbocycles. The minimum Gasteiger partial charge on any atom is -0.750 e. The van der Waals surface area contributed by atoms with Gasteiger partial charge in [0.05, 0.1) is 53.2 Å². The molecule has 1 atom stereocenters. The largest absolute Gasteiger partial charge is 0.750 e. The molecule has 170 valence electrons. The third-order valence-corrected chi connectivity index (χ3v) is 6.34. The third kappa shape index (κ3) is 7.76. The van der Waals surface area contributed by atoms with Crippen LogP contribution in [0.25, 0.3) is 0 Å². The highest BCUT2D eigenvalue weighted by molar-refractivity contribution is 7.91. The maximum absolute atomic E-state index is 12.2. The maximum Gasteiger partial charge on any atom is 0.180 e. The van der Waals surface area contributed by atoms with Crippen LogP contribution < -0.4 is 4.90 Å². The monoisotopic (exact) mass is 470 g/mol. The molecule has 0 saturated heterocycles. The normalized spacial score (nSPS) is 12.9. The van der Waals surface area contributed by atoms with Crippen molar-refractivity contribution < 1.29 is 31.6 Å². The fourth-order valence-electron chi connectivity index (χ4n) is 2.72. The van der Waals surface area contributed by atoms with Gasteiger partial charge in [-0.05, 0) is 55.0 Å². The molecule has 0 spiro atoms. The Morgan fingerprint density at radius 3 is 2.26 bits per heavy atom. The van der Waals surface area contributed by atoms with E-state index < -0.39 is 33.6 Å². The van der Waals surface area contributed by atoms with Gasteiger partial charge in [-0.1, -0.05) is 0 Å². The van der Waals surface area contributed by atoms with Gasteiger partial charge in [-0.25, -0.2) is 12.6 Å². The van der Waals surface area contributed by atoms with Crippen LogP contribution in [-0.4, -0.2) is 66.1 Å². The van der Waals surface area contributed by atoms with Crippen LogP contribution in [0.15, 0.2) is 57.6 Å². The number of hydrogen-bond acceptors (Lipinski definition) is 10. The van der Waals surface area contributed by atoms with Crippen molar-refractivity contribution in [3.63, 3.8) is 0 Å². The van der Waals surface area contributed by atoms with Crippen molar-refractivity contribution in [2.45, 2.75) is 11.8 Å². The lowest BCUT2D eigenvalue weighted by molar-refractivity contribution is 0.281. The van der Waals surface area contributed by atoms with Crippen molar-refractivity contribution in [2.75, 3.05) is 43.6 Å². The Balaban J connectivity index is 2.09. The summed E-state index contributed by atoms with van der Waals surface area (Å²) in [4.78, 5) is 1.88. The summed E-state index contributed by atoms with van der Waals surface area (Å²) in [5, 5.41) is 26.7. The van der Waals surface area contributed by atoms with Gasteiger partial charge >= 0.3 is 0 Å². The zero-order chi connectivity index (χ0) is 22.9. The average molecular weight is 471 g/mol. The summed E-state index contributed by atoms with van der Waals surface area (Å²) in [5.74, 6) is -0.461. The lowest BCUT2D eigenvalue weighted by atomic mass is 10.1. The topological polar surface area (TPSA) is 152 Å². The van der Waals surface area contributed by atoms with Crippen LogP contribution in [-0.2, 0) is 25.4 Å². The van der Waals surface area contributed by atoms with E-state index in [2.05, 4.69) is 14.4 Å². The van der Waals surface area contributed by atoms with Gasteiger partial charge in [-0.15, -0.1) is 0 Å². The van der Waals surface area contributed by atoms with Crippen molar-refractivity contribution in [3.05, 3.63) is 48.0 Å². The quantitative estimate of drug-likeness (QED) is 0.352. The first-order valence-electron chi connectivity index (χ1n) is 9.31. The predicted octanol–water partition coefficient (Wildman–Crippen LogP) is 1.79. The van der Waals surface area contributed by atoms with E-state index in [0.717, 1.165) is 11.3 Å². The summed E-state index contributed by atoms with van der Waals surface area (Å²) >= 11 is -2.76. The average Bonchev–Trinajstić information content (AvgIpc) is 2.72. The van der Waals surface area contributed by atoms with Crippen molar-refractivity contribution in [1.29, 1.82) is 0 Å². The highest BCUT2D eigenvalue weighted by atomic mass is 32.2. The second-order valence-corrected chi connectivity index (χ2v) is 9.20. The van der Waals surface area contributed by atoms with Crippen molar-refractivity contribution in [1.82, 2.24) is 0 Å². The van der Waals surface area contributed by atoms with E-state index in [1.807, 2.05) is 24.0 Å². The van der Waals surface area contributed by atoms with Gasteiger partial charge in [0.25, 0.3) is 0 Å². The van der Waals surface area contributed by atoms with Crippen molar-refractivity contribution >= 4 is 38.3 Å². The SMILES string of the molecule is Cc1cc(N(CCO)CCO)ccc1N=Nc1ccc(S(=O)(=O)CCOS(=O)[O-])cc1. The molecule has 0 aromatic heterocycles. The highest BCUT2D eigenvalue weighted by Crippen LogP contribution is 2.27. The summed E-state index contributed by atoms with van der Waals surface area (Å²) in [5.41, 5.74) is 2.76. The Labute approximate surface area is 183 Å². The summed E-state index contributed by atoms with van der Waals surface area (Å²) in [7, 11) is -3.68. The molecule has 1 unspecified atom stereocenters. The predicted molar refractivity (Wildman–Crippen MR) is 115 cm³/mol. The van der Waals surface area contributed by atoms with Gasteiger partial charge in [0.1, 0.15) is 0 Å². The van der Waals surface area contributed by atoms with E-state index in [4.69, 9.17) is 10.2 Å². The van der Waals surface area contributed by atoms with E-state index >= 15 is 0 Å². The molecule has 2 aromatic carbocycles. The summed E-state index contributed by atoms with van der Waals surface area (Å²) < 4.78 is 49.2. The van der Waals surface area contributed by atoms with Crippen LogP contribution in [0, 0.1) is 6.92 Å². The Morgan fingerprint density at radius 2 is 1.71 bits per heavy atom. The molecule has 2 aromatic rings. The second kappa shape index (κ2) is 12.0. The Morgan fingerprint density at radius 1 is 1.06 bits per heavy atom. The number of rotatable bonds is 12. The molecular formula is C19H24N3O7S2-. The molecule has 0 heterocycles. The fraction of sp³-hybridized carbons (Fsp3) is 0.368. The van der Waals surface area contributed by atoms with Crippen LogP contribution in [0.2, 0.25) is 0 Å². The molecule has 0 radical (unpaired) electrons. The zero-order valence-corrected chi connectivity index (χ0v) is 18.5. The van der Waals surface area contributed by atoms with Crippen molar-refractivity contribution in [2.24, 2.45) is 10.2 Å². The molecule has 0 saturated carbocycles. The lowest BCUT2D eigenvalue weighted by Crippen LogP contribution is -2.29. The van der Waals surface area contributed by atoms with Gasteiger partial charge in [0, 0.05) is 18.8 Å². The standard InChI is InChI=1S/C19H25N3O7S2/c1-15-14-17(22(8-10-23)9-11-24)4-7-19(15)21-20-16-2-5-18(6-3-16)31(27,28)13-12-29-30(25)26/h2-7,14,23-24H,8-13H2,1H3,(H,25,26)/p-1. The molecule has 10 nitrogen and oxygen atoms in total. The maximum atomic E-state index is 12.2. The first-order chi connectivity index (χ1) is 14.8. The molecule has 0 amide bonds. The lowest BCUT2D eigenvalue weighted by Gasteiger charge is -2.23. The fourth-order valence-corrected chi connectivity index (χ4v) is 4.14. The van der Waals surface area contributed by atoms with Crippen LogP contribution >= 0.6 is 0 Å². The number of hydrogen-bond donors (Lipinski definition) is 2. The molecule has 0 fully saturated rings. The number of aryl methyl sites for hydroxylation is 1. The number of sulfone groups is 1. The smallest absolute Gasteiger partial charge is 0.180 e. The number of benzene rings is 2. The van der Waals surface area contributed by atoms with E-state index in [1.165, 1.54) is 24.3 Å². The molecule has 31 heavy (non-hydrogen) atoms. The molecule has 2 N–H and O–H groups in total. The molecule has 12 heteroatoms. The second-order valence-electron chi connectivity index (χ2n) is 6.44. The van der Waals surface area contributed by atoms with Crippen LogP contribution in [0.4, 0.5) is 17.1 Å². The minimum atomic E-state index is -3.68. The minimum absolute atomic E-state index is 0.0279. The number of aliphatic hydroxyl groups excluding tert-OH is 2. The molecule has 2 rings (SSSR count). The van der Waals surface area contributed by atoms with Gasteiger partial charge in [-0.2, -0.15) is 10.2 Å². The van der Waals surface area contributed by atoms with Gasteiger partial charge in [0.15, 0.2) is 9.84 Å². The number of nitrogens with zero attached hydrogens (tertiary/aromatic N) is 3. The highest BCUT2D eigenvalue weighted by Gasteiger charge is 2.14. The number of azo groups is 1. The van der Waals surface area contributed by atoms with E-state index in [9.17, 15) is 17.2 Å². The van der Waals surface area contributed by atoms with E-state index in [0.29, 0.717) is 24.5 Å². The van der Waals surface area contributed by atoms with Crippen LogP contribution in [0.3, 0.4) is 0 Å². The zero-order valence-electron chi connectivity index (χ0n) is 16.9. The number of aliphatic hydroxyl groups is 2. The van der Waals surface area contributed by atoms with E-state index in [-0.39, 0.29) is 18.1 Å². The Kier molecular flexibility index (Phi) is 9.68. The van der Waals surface area contributed by atoms with Crippen LogP contribution in [0.1, 0.15) is 5.56 Å². The summed E-state index contributed by atoms with van der Waals surface area (Å²) in [6.45, 7) is 2.15. The summed E-state index contributed by atoms with van der Waals surface area (Å²) in [6, 6.07) is 11.2. The van der Waals surface area contributed by atoms with Gasteiger partial charge in [-0.3, -0.25) is 4.18 Å². The van der Waals surface area contributed by atoms with Gasteiger partial charge < -0.3 is 19.7 Å². The van der Waals surface area contributed by atoms with Gasteiger partial charge in [0.2, 0.25) is 0 Å². The first-order valence-corrected chi connectivity index (χ1v) is 12.0. The Bertz CT molecular complexity index is 1010. The Hall–Kier alpha value is -2.22. The first kappa shape index (κ1) is 25.0. The molecular weight excluding hydrogens is 446 g/mol. The summed E-state index contributed by atoms with van der Waals surface area (Å²) in [6.07, 6.45) is 0. The molecule has 0 aliphatic heterocycles. The number of anilines is 1. The molecule has 0 bridgehead atoms. The third-order valence-electron chi connectivity index (χ3n) is 4.29. The van der Waals surface area contributed by atoms with Crippen LogP contribution in [0.5, 0.6) is 0 Å². The van der Waals surface area contributed by atoms with Crippen molar-refractivity contribution in [3.8, 4) is 0 Å². The van der Waals surface area contributed by atoms with E-state index in [1.54, 1.807) is 6.07 Å².